The molecule has 4 fully saturated rings. The fourth-order valence-corrected chi connectivity index (χ4v) is 4.91. The first kappa shape index (κ1) is 9.73. The first-order valence-corrected chi connectivity index (χ1v) is 6.33. The molecule has 4 aliphatic carbocycles. The van der Waals surface area contributed by atoms with Gasteiger partial charge in [0.25, 0.3) is 0 Å². The van der Waals surface area contributed by atoms with E-state index in [-0.39, 0.29) is 11.5 Å². The number of rotatable bonds is 2. The van der Waals surface area contributed by atoms with Crippen molar-refractivity contribution in [3.63, 3.8) is 0 Å². The van der Waals surface area contributed by atoms with Gasteiger partial charge >= 0.3 is 0 Å². The van der Waals surface area contributed by atoms with Crippen molar-refractivity contribution in [1.82, 2.24) is 0 Å². The Morgan fingerprint density at radius 2 is 1.60 bits per heavy atom. The molecule has 4 aliphatic rings. The average Bonchev–Trinajstić information content (AvgIpc) is 2.15. The van der Waals surface area contributed by atoms with Gasteiger partial charge in [0, 0.05) is 6.42 Å². The summed E-state index contributed by atoms with van der Waals surface area (Å²) in [4.78, 5) is 0. The Hall–Kier alpha value is -0.480. The summed E-state index contributed by atoms with van der Waals surface area (Å²) in [6.45, 7) is 0. The third-order valence-corrected chi connectivity index (χ3v) is 5.10. The molecule has 1 N–H and O–H groups in total. The standard InChI is InChI=1S/C14H20O/c1-2-3-13(15)14-7-10-4-11(8-14)6-12(5-10)9-14/h1,10-13,15H,3-9H2. The zero-order chi connectivity index (χ0) is 10.5. The molecule has 0 aromatic rings. The lowest BCUT2D eigenvalue weighted by molar-refractivity contribution is -0.118. The van der Waals surface area contributed by atoms with Gasteiger partial charge in [0.15, 0.2) is 0 Å². The second-order valence-electron chi connectivity index (χ2n) is 6.20. The van der Waals surface area contributed by atoms with Crippen molar-refractivity contribution in [3.05, 3.63) is 0 Å². The van der Waals surface area contributed by atoms with Crippen molar-refractivity contribution in [3.8, 4) is 12.3 Å². The molecule has 4 rings (SSSR count). The largest absolute Gasteiger partial charge is 0.392 e. The molecule has 4 saturated carbocycles. The molecule has 1 nitrogen and oxygen atoms in total. The van der Waals surface area contributed by atoms with E-state index < -0.39 is 0 Å². The summed E-state index contributed by atoms with van der Waals surface area (Å²) in [5.74, 6) is 5.36. The van der Waals surface area contributed by atoms with Gasteiger partial charge in [0.05, 0.1) is 6.10 Å². The number of hydrogen-bond acceptors (Lipinski definition) is 1. The summed E-state index contributed by atoms with van der Waals surface area (Å²) in [6, 6.07) is 0. The fraction of sp³-hybridized carbons (Fsp3) is 0.857. The quantitative estimate of drug-likeness (QED) is 0.685. The molecule has 0 aromatic heterocycles. The Bertz CT molecular complexity index is 264. The summed E-state index contributed by atoms with van der Waals surface area (Å²) >= 11 is 0. The lowest BCUT2D eigenvalue weighted by Gasteiger charge is -2.58. The Morgan fingerprint density at radius 1 is 1.13 bits per heavy atom. The highest BCUT2D eigenvalue weighted by molar-refractivity contribution is 5.06. The van der Waals surface area contributed by atoms with E-state index in [0.717, 1.165) is 17.8 Å². The van der Waals surface area contributed by atoms with Gasteiger partial charge in [0.1, 0.15) is 0 Å². The minimum Gasteiger partial charge on any atom is -0.392 e. The maximum Gasteiger partial charge on any atom is 0.0705 e. The average molecular weight is 204 g/mol. The highest BCUT2D eigenvalue weighted by Crippen LogP contribution is 2.61. The molecule has 4 bridgehead atoms. The summed E-state index contributed by atoms with van der Waals surface area (Å²) < 4.78 is 0. The van der Waals surface area contributed by atoms with Gasteiger partial charge in [-0.25, -0.2) is 0 Å². The van der Waals surface area contributed by atoms with Crippen LogP contribution in [-0.2, 0) is 0 Å². The predicted molar refractivity (Wildman–Crippen MR) is 60.1 cm³/mol. The van der Waals surface area contributed by atoms with E-state index in [1.165, 1.54) is 38.5 Å². The number of aliphatic hydroxyl groups is 1. The number of hydrogen-bond donors (Lipinski definition) is 1. The second kappa shape index (κ2) is 3.25. The van der Waals surface area contributed by atoms with Crippen LogP contribution >= 0.6 is 0 Å². The molecule has 0 radical (unpaired) electrons. The molecule has 0 aromatic carbocycles. The Morgan fingerprint density at radius 3 is 2.00 bits per heavy atom. The number of aliphatic hydroxyl groups excluding tert-OH is 1. The van der Waals surface area contributed by atoms with Crippen LogP contribution in [0.1, 0.15) is 44.9 Å². The van der Waals surface area contributed by atoms with Crippen LogP contribution in [0.15, 0.2) is 0 Å². The Balaban J connectivity index is 1.84. The lowest BCUT2D eigenvalue weighted by atomic mass is 9.48. The van der Waals surface area contributed by atoms with Crippen LogP contribution in [0.3, 0.4) is 0 Å². The molecule has 0 amide bonds. The molecule has 0 saturated heterocycles. The highest BCUT2D eigenvalue weighted by atomic mass is 16.3. The fourth-order valence-electron chi connectivity index (χ4n) is 4.91. The topological polar surface area (TPSA) is 20.2 Å². The predicted octanol–water partition coefficient (Wildman–Crippen LogP) is 2.59. The van der Waals surface area contributed by atoms with E-state index in [0.29, 0.717) is 6.42 Å². The van der Waals surface area contributed by atoms with Crippen molar-refractivity contribution in [2.45, 2.75) is 51.0 Å². The van der Waals surface area contributed by atoms with Crippen molar-refractivity contribution < 1.29 is 5.11 Å². The molecule has 0 heterocycles. The minimum absolute atomic E-state index is 0.223. The smallest absolute Gasteiger partial charge is 0.0705 e. The summed E-state index contributed by atoms with van der Waals surface area (Å²) in [6.07, 6.45) is 13.7. The van der Waals surface area contributed by atoms with Gasteiger partial charge in [0.2, 0.25) is 0 Å². The van der Waals surface area contributed by atoms with Crippen LogP contribution in [0.2, 0.25) is 0 Å². The van der Waals surface area contributed by atoms with Crippen molar-refractivity contribution in [1.29, 1.82) is 0 Å². The van der Waals surface area contributed by atoms with Crippen LogP contribution < -0.4 is 0 Å². The summed E-state index contributed by atoms with van der Waals surface area (Å²) in [5.41, 5.74) is 0.223. The van der Waals surface area contributed by atoms with E-state index >= 15 is 0 Å². The van der Waals surface area contributed by atoms with Crippen molar-refractivity contribution in [2.75, 3.05) is 0 Å². The SMILES string of the molecule is C#CCC(O)C12CC3CC(CC(C3)C1)C2. The lowest BCUT2D eigenvalue weighted by Crippen LogP contribution is -2.51. The molecule has 82 valence electrons. The van der Waals surface area contributed by atoms with E-state index in [9.17, 15) is 5.11 Å². The summed E-state index contributed by atoms with van der Waals surface area (Å²) in [5, 5.41) is 10.3. The van der Waals surface area contributed by atoms with Crippen LogP contribution in [0.4, 0.5) is 0 Å². The van der Waals surface area contributed by atoms with Crippen molar-refractivity contribution >= 4 is 0 Å². The highest BCUT2D eigenvalue weighted by Gasteiger charge is 2.53. The number of terminal acetylenes is 1. The zero-order valence-corrected chi connectivity index (χ0v) is 9.28. The molecule has 1 heteroatoms. The van der Waals surface area contributed by atoms with E-state index in [1.807, 2.05) is 0 Å². The minimum atomic E-state index is -0.226. The van der Waals surface area contributed by atoms with E-state index in [4.69, 9.17) is 6.42 Å². The molecule has 0 aliphatic heterocycles. The van der Waals surface area contributed by atoms with Gasteiger partial charge in [-0.3, -0.25) is 0 Å². The van der Waals surface area contributed by atoms with Gasteiger partial charge in [-0.1, -0.05) is 0 Å². The van der Waals surface area contributed by atoms with E-state index in [1.54, 1.807) is 0 Å². The van der Waals surface area contributed by atoms with Crippen LogP contribution in [0, 0.1) is 35.5 Å². The first-order valence-electron chi connectivity index (χ1n) is 6.33. The van der Waals surface area contributed by atoms with Gasteiger partial charge in [-0.2, -0.15) is 0 Å². The third kappa shape index (κ3) is 1.42. The molecule has 1 unspecified atom stereocenters. The van der Waals surface area contributed by atoms with Gasteiger partial charge < -0.3 is 5.11 Å². The van der Waals surface area contributed by atoms with Crippen LogP contribution in [0.5, 0.6) is 0 Å². The normalized spacial score (nSPS) is 48.9. The molecule has 15 heavy (non-hydrogen) atoms. The maximum absolute atomic E-state index is 10.3. The molecular formula is C14H20O. The maximum atomic E-state index is 10.3. The molecular weight excluding hydrogens is 184 g/mol. The van der Waals surface area contributed by atoms with Crippen LogP contribution in [-0.4, -0.2) is 11.2 Å². The van der Waals surface area contributed by atoms with Gasteiger partial charge in [-0.05, 0) is 61.7 Å². The molecule has 1 atom stereocenters. The summed E-state index contributed by atoms with van der Waals surface area (Å²) in [7, 11) is 0. The second-order valence-corrected chi connectivity index (χ2v) is 6.20. The van der Waals surface area contributed by atoms with Crippen molar-refractivity contribution in [2.24, 2.45) is 23.2 Å². The third-order valence-electron chi connectivity index (χ3n) is 5.10. The van der Waals surface area contributed by atoms with Gasteiger partial charge in [-0.15, -0.1) is 12.3 Å². The molecule has 0 spiro atoms. The Labute approximate surface area is 92.3 Å². The zero-order valence-electron chi connectivity index (χ0n) is 9.28. The monoisotopic (exact) mass is 204 g/mol. The van der Waals surface area contributed by atoms with E-state index in [2.05, 4.69) is 5.92 Å². The Kier molecular flexibility index (Phi) is 2.11. The van der Waals surface area contributed by atoms with Crippen LogP contribution in [0.25, 0.3) is 0 Å². The first-order chi connectivity index (χ1) is 7.22.